The lowest BCUT2D eigenvalue weighted by molar-refractivity contribution is 0.393. The van der Waals surface area contributed by atoms with Crippen LogP contribution in [0.3, 0.4) is 0 Å². The van der Waals surface area contributed by atoms with Crippen molar-refractivity contribution in [3.63, 3.8) is 0 Å². The van der Waals surface area contributed by atoms with Gasteiger partial charge >= 0.3 is 0 Å². The van der Waals surface area contributed by atoms with Gasteiger partial charge in [0.15, 0.2) is 0 Å². The van der Waals surface area contributed by atoms with E-state index in [9.17, 15) is 0 Å². The van der Waals surface area contributed by atoms with Gasteiger partial charge in [-0.1, -0.05) is 5.16 Å². The number of aryl methyl sites for hydroxylation is 2. The Kier molecular flexibility index (Phi) is 2.83. The van der Waals surface area contributed by atoms with Crippen LogP contribution in [0.25, 0.3) is 21.3 Å². The molecule has 0 saturated heterocycles. The van der Waals surface area contributed by atoms with E-state index in [0.717, 1.165) is 37.8 Å². The van der Waals surface area contributed by atoms with Gasteiger partial charge in [-0.2, -0.15) is 0 Å². The predicted molar refractivity (Wildman–Crippen MR) is 74.2 cm³/mol. The Morgan fingerprint density at radius 1 is 1.28 bits per heavy atom. The van der Waals surface area contributed by atoms with Crippen LogP contribution in [0.1, 0.15) is 11.5 Å². The number of hydrogen-bond donors (Lipinski definition) is 0. The third kappa shape index (κ3) is 1.64. The summed E-state index contributed by atoms with van der Waals surface area (Å²) in [7, 11) is 0. The number of hydrogen-bond acceptors (Lipinski definition) is 6. The molecule has 0 bridgehead atoms. The summed E-state index contributed by atoms with van der Waals surface area (Å²) in [6.45, 7) is 3.88. The predicted octanol–water partition coefficient (Wildman–Crippen LogP) is 3.69. The lowest BCUT2D eigenvalue weighted by Crippen LogP contribution is -1.85. The summed E-state index contributed by atoms with van der Waals surface area (Å²) in [4.78, 5) is 8.69. The maximum absolute atomic E-state index is 5.23. The van der Waals surface area contributed by atoms with E-state index in [1.165, 1.54) is 0 Å². The van der Waals surface area contributed by atoms with Gasteiger partial charge in [-0.15, -0.1) is 23.1 Å². The monoisotopic (exact) mass is 277 g/mol. The maximum atomic E-state index is 5.23. The summed E-state index contributed by atoms with van der Waals surface area (Å²) >= 11 is 3.30. The number of fused-ring (bicyclic) bond motifs is 1. The summed E-state index contributed by atoms with van der Waals surface area (Å²) in [6, 6.07) is 0. The molecule has 0 atom stereocenters. The van der Waals surface area contributed by atoms with Gasteiger partial charge in [0.05, 0.1) is 21.5 Å². The van der Waals surface area contributed by atoms with Gasteiger partial charge in [0, 0.05) is 10.9 Å². The molecule has 3 aromatic heterocycles. The molecule has 0 fully saturated rings. The number of nitrogens with zero attached hydrogens (tertiary/aromatic N) is 3. The highest BCUT2D eigenvalue weighted by molar-refractivity contribution is 7.98. The van der Waals surface area contributed by atoms with Crippen molar-refractivity contribution in [2.24, 2.45) is 0 Å². The van der Waals surface area contributed by atoms with Crippen LogP contribution in [0, 0.1) is 13.8 Å². The van der Waals surface area contributed by atoms with Crippen molar-refractivity contribution in [3.8, 4) is 11.1 Å². The van der Waals surface area contributed by atoms with E-state index in [4.69, 9.17) is 4.52 Å². The van der Waals surface area contributed by atoms with Gasteiger partial charge < -0.3 is 4.52 Å². The van der Waals surface area contributed by atoms with Crippen molar-refractivity contribution in [1.82, 2.24) is 15.1 Å². The lowest BCUT2D eigenvalue weighted by atomic mass is 10.1. The molecule has 3 heterocycles. The maximum Gasteiger partial charge on any atom is 0.141 e. The topological polar surface area (TPSA) is 51.8 Å². The standard InChI is InChI=1S/C12H11N3OS2/c1-6-9(7(2)16-15-6)8-4-18-11-10(8)13-5-14-12(11)17-3/h4-5H,1-3H3. The van der Waals surface area contributed by atoms with Crippen molar-refractivity contribution >= 4 is 33.3 Å². The van der Waals surface area contributed by atoms with E-state index in [-0.39, 0.29) is 0 Å². The van der Waals surface area contributed by atoms with Crippen LogP contribution in [-0.4, -0.2) is 21.4 Å². The molecule has 3 aromatic rings. The van der Waals surface area contributed by atoms with Crippen LogP contribution >= 0.6 is 23.1 Å². The Balaban J connectivity index is 2.32. The highest BCUT2D eigenvalue weighted by Gasteiger charge is 2.18. The molecule has 0 aliphatic rings. The van der Waals surface area contributed by atoms with E-state index in [1.54, 1.807) is 29.4 Å². The third-order valence-corrected chi connectivity index (χ3v) is 4.62. The quantitative estimate of drug-likeness (QED) is 0.528. The Hall–Kier alpha value is -1.40. The minimum atomic E-state index is 0.830. The molecule has 0 spiro atoms. The molecular formula is C12H11N3OS2. The highest BCUT2D eigenvalue weighted by atomic mass is 32.2. The van der Waals surface area contributed by atoms with Crippen LogP contribution in [0.4, 0.5) is 0 Å². The molecule has 0 aliphatic heterocycles. The normalized spacial score (nSPS) is 11.3. The minimum Gasteiger partial charge on any atom is -0.361 e. The molecule has 0 aliphatic carbocycles. The average molecular weight is 277 g/mol. The van der Waals surface area contributed by atoms with Gasteiger partial charge in [0.1, 0.15) is 17.1 Å². The fourth-order valence-electron chi connectivity index (χ4n) is 2.02. The van der Waals surface area contributed by atoms with Crippen molar-refractivity contribution in [2.75, 3.05) is 6.26 Å². The van der Waals surface area contributed by atoms with E-state index in [0.29, 0.717) is 0 Å². The molecule has 3 rings (SSSR count). The van der Waals surface area contributed by atoms with Crippen LogP contribution in [-0.2, 0) is 0 Å². The fraction of sp³-hybridized carbons (Fsp3) is 0.250. The summed E-state index contributed by atoms with van der Waals surface area (Å²) in [5, 5.41) is 7.12. The Morgan fingerprint density at radius 3 is 2.78 bits per heavy atom. The number of rotatable bonds is 2. The summed E-state index contributed by atoms with van der Waals surface area (Å²) in [6.07, 6.45) is 3.64. The first-order chi connectivity index (χ1) is 8.72. The second-order valence-electron chi connectivity index (χ2n) is 3.91. The van der Waals surface area contributed by atoms with Gasteiger partial charge in [-0.05, 0) is 20.1 Å². The van der Waals surface area contributed by atoms with E-state index < -0.39 is 0 Å². The zero-order chi connectivity index (χ0) is 12.7. The van der Waals surface area contributed by atoms with Gasteiger partial charge in [0.25, 0.3) is 0 Å². The van der Waals surface area contributed by atoms with E-state index in [2.05, 4.69) is 20.5 Å². The summed E-state index contributed by atoms with van der Waals surface area (Å²) < 4.78 is 6.36. The molecular weight excluding hydrogens is 266 g/mol. The molecule has 4 nitrogen and oxygen atoms in total. The van der Waals surface area contributed by atoms with Gasteiger partial charge in [-0.25, -0.2) is 9.97 Å². The molecule has 0 saturated carbocycles. The molecule has 92 valence electrons. The van der Waals surface area contributed by atoms with Gasteiger partial charge in [-0.3, -0.25) is 0 Å². The molecule has 18 heavy (non-hydrogen) atoms. The van der Waals surface area contributed by atoms with Crippen LogP contribution < -0.4 is 0 Å². The number of thiophene rings is 1. The van der Waals surface area contributed by atoms with E-state index in [1.807, 2.05) is 20.1 Å². The average Bonchev–Trinajstić information content (AvgIpc) is 2.93. The van der Waals surface area contributed by atoms with Crippen molar-refractivity contribution in [2.45, 2.75) is 18.9 Å². The zero-order valence-electron chi connectivity index (χ0n) is 10.2. The molecule has 0 N–H and O–H groups in total. The molecule has 0 aromatic carbocycles. The van der Waals surface area contributed by atoms with E-state index >= 15 is 0 Å². The first-order valence-electron chi connectivity index (χ1n) is 5.41. The zero-order valence-corrected chi connectivity index (χ0v) is 11.9. The Bertz CT molecular complexity index is 698. The largest absolute Gasteiger partial charge is 0.361 e. The highest BCUT2D eigenvalue weighted by Crippen LogP contribution is 2.38. The second-order valence-corrected chi connectivity index (χ2v) is 5.58. The lowest BCUT2D eigenvalue weighted by Gasteiger charge is -1.99. The molecule has 0 unspecified atom stereocenters. The summed E-state index contributed by atoms with van der Waals surface area (Å²) in [5.74, 6) is 0.830. The number of aromatic nitrogens is 3. The first kappa shape index (κ1) is 11.7. The molecule has 0 radical (unpaired) electrons. The van der Waals surface area contributed by atoms with Crippen molar-refractivity contribution < 1.29 is 4.52 Å². The smallest absolute Gasteiger partial charge is 0.141 e. The van der Waals surface area contributed by atoms with Crippen LogP contribution in [0.15, 0.2) is 21.3 Å². The van der Waals surface area contributed by atoms with Gasteiger partial charge in [0.2, 0.25) is 0 Å². The number of thioether (sulfide) groups is 1. The Labute approximate surface area is 112 Å². The second kappa shape index (κ2) is 4.37. The molecule has 6 heteroatoms. The Morgan fingerprint density at radius 2 is 2.11 bits per heavy atom. The first-order valence-corrected chi connectivity index (χ1v) is 7.52. The fourth-order valence-corrected chi connectivity index (χ4v) is 3.74. The van der Waals surface area contributed by atoms with Crippen molar-refractivity contribution in [1.29, 1.82) is 0 Å². The van der Waals surface area contributed by atoms with Crippen LogP contribution in [0.5, 0.6) is 0 Å². The van der Waals surface area contributed by atoms with Crippen molar-refractivity contribution in [3.05, 3.63) is 23.2 Å². The third-order valence-electron chi connectivity index (χ3n) is 2.82. The van der Waals surface area contributed by atoms with Crippen LogP contribution in [0.2, 0.25) is 0 Å². The SMILES string of the molecule is CSc1ncnc2c(-c3c(C)noc3C)csc12. The molecule has 0 amide bonds. The summed E-state index contributed by atoms with van der Waals surface area (Å²) in [5.41, 5.74) is 4.02. The minimum absolute atomic E-state index is 0.830.